The molecule has 0 fully saturated rings. The van der Waals surface area contributed by atoms with Crippen molar-refractivity contribution in [2.24, 2.45) is 5.10 Å². The van der Waals surface area contributed by atoms with Crippen LogP contribution in [0.4, 0.5) is 0 Å². The van der Waals surface area contributed by atoms with Gasteiger partial charge in [-0.15, -0.1) is 0 Å². The number of H-pyrrole nitrogens is 1. The average Bonchev–Trinajstić information content (AvgIpc) is 3.23. The van der Waals surface area contributed by atoms with E-state index in [2.05, 4.69) is 26.0 Å². The van der Waals surface area contributed by atoms with Crippen LogP contribution in [0.15, 0.2) is 62.9 Å². The normalized spacial score (nSPS) is 13.8. The quantitative estimate of drug-likeness (QED) is 0.584. The molecule has 4 rings (SSSR count). The monoisotopic (exact) mass is 465 g/mol. The minimum atomic E-state index is -0.224. The van der Waals surface area contributed by atoms with E-state index >= 15 is 0 Å². The minimum Gasteiger partial charge on any atom is -0.497 e. The number of methoxy groups -OCH3 is 1. The Morgan fingerprint density at radius 2 is 2.00 bits per heavy atom. The maximum atomic E-state index is 12.7. The molecular weight excluding hydrogens is 446 g/mol. The Morgan fingerprint density at radius 3 is 2.73 bits per heavy atom. The van der Waals surface area contributed by atoms with Crippen LogP contribution in [0.2, 0.25) is 0 Å². The van der Waals surface area contributed by atoms with Gasteiger partial charge in [0.1, 0.15) is 5.75 Å². The molecule has 1 aromatic heterocycles. The van der Waals surface area contributed by atoms with Crippen molar-refractivity contribution in [1.82, 2.24) is 9.99 Å². The van der Waals surface area contributed by atoms with E-state index in [0.717, 1.165) is 32.3 Å². The molecule has 30 heavy (non-hydrogen) atoms. The maximum Gasteiger partial charge on any atom is 0.266 e. The van der Waals surface area contributed by atoms with Gasteiger partial charge < -0.3 is 9.72 Å². The first-order chi connectivity index (χ1) is 14.5. The molecule has 0 atom stereocenters. The van der Waals surface area contributed by atoms with Gasteiger partial charge >= 0.3 is 0 Å². The average molecular weight is 466 g/mol. The van der Waals surface area contributed by atoms with Gasteiger partial charge in [-0.05, 0) is 54.5 Å². The first-order valence-electron chi connectivity index (χ1n) is 9.50. The minimum absolute atomic E-state index is 0.191. The summed E-state index contributed by atoms with van der Waals surface area (Å²) in [6.45, 7) is 2.35. The second-order valence-corrected chi connectivity index (χ2v) is 7.92. The van der Waals surface area contributed by atoms with Gasteiger partial charge in [-0.2, -0.15) is 5.10 Å². The number of ether oxygens (including phenoxy) is 1. The molecule has 152 valence electrons. The highest BCUT2D eigenvalue weighted by Gasteiger charge is 2.24. The predicted octanol–water partition coefficient (Wildman–Crippen LogP) is 4.26. The van der Waals surface area contributed by atoms with Crippen molar-refractivity contribution in [2.45, 2.75) is 13.3 Å². The van der Waals surface area contributed by atoms with Crippen LogP contribution in [-0.4, -0.2) is 35.3 Å². The standard InChI is InChI=1S/C23H20BrN3O3/c1-14-18-13-16(24)6-9-19(18)25-23(29)22(14)20-11-12-27(26-20)21(28)10-5-15-3-7-17(30-2)8-4-15/h3-10,13H,11-12H2,1-2H3,(H,25,29)/b10-5+. The van der Waals surface area contributed by atoms with Crippen LogP contribution in [-0.2, 0) is 4.79 Å². The lowest BCUT2D eigenvalue weighted by molar-refractivity contribution is -0.125. The fourth-order valence-corrected chi connectivity index (χ4v) is 3.89. The largest absolute Gasteiger partial charge is 0.497 e. The SMILES string of the molecule is COc1ccc(/C=C/C(=O)N2CCC(c3c(C)c4cc(Br)ccc4[nH]c3=O)=N2)cc1. The number of hydrazone groups is 1. The fraction of sp³-hybridized carbons (Fsp3) is 0.174. The lowest BCUT2D eigenvalue weighted by atomic mass is 10.00. The van der Waals surface area contributed by atoms with Crippen LogP contribution in [0.3, 0.4) is 0 Å². The fourth-order valence-electron chi connectivity index (χ4n) is 3.53. The van der Waals surface area contributed by atoms with E-state index in [1.165, 1.54) is 11.1 Å². The predicted molar refractivity (Wildman–Crippen MR) is 122 cm³/mol. The molecule has 0 bridgehead atoms. The zero-order valence-corrected chi connectivity index (χ0v) is 18.2. The number of halogens is 1. The summed E-state index contributed by atoms with van der Waals surface area (Å²) >= 11 is 3.48. The molecule has 0 spiro atoms. The number of hydrogen-bond acceptors (Lipinski definition) is 4. The summed E-state index contributed by atoms with van der Waals surface area (Å²) in [5, 5.41) is 6.80. The Labute approximate surface area is 182 Å². The number of nitrogens with one attached hydrogen (secondary N) is 1. The third kappa shape index (κ3) is 3.93. The zero-order valence-electron chi connectivity index (χ0n) is 16.6. The summed E-state index contributed by atoms with van der Waals surface area (Å²) in [5.74, 6) is 0.536. The Balaban J connectivity index is 1.59. The molecule has 6 nitrogen and oxygen atoms in total. The maximum absolute atomic E-state index is 12.7. The van der Waals surface area contributed by atoms with Gasteiger partial charge in [0, 0.05) is 27.9 Å². The number of carbonyl (C=O) groups excluding carboxylic acids is 1. The number of aromatic amines is 1. The number of aryl methyl sites for hydroxylation is 1. The number of fused-ring (bicyclic) bond motifs is 1. The summed E-state index contributed by atoms with van der Waals surface area (Å²) in [5.41, 5.74) is 3.50. The van der Waals surface area contributed by atoms with Crippen LogP contribution in [0.25, 0.3) is 17.0 Å². The highest BCUT2D eigenvalue weighted by atomic mass is 79.9. The highest BCUT2D eigenvalue weighted by molar-refractivity contribution is 9.10. The second-order valence-electron chi connectivity index (χ2n) is 7.01. The number of hydrogen-bond donors (Lipinski definition) is 1. The van der Waals surface area contributed by atoms with Gasteiger partial charge in [0.15, 0.2) is 0 Å². The Hall–Kier alpha value is -3.19. The third-order valence-corrected chi connectivity index (χ3v) is 5.61. The lowest BCUT2D eigenvalue weighted by Gasteiger charge is -2.09. The van der Waals surface area contributed by atoms with Gasteiger partial charge in [-0.3, -0.25) is 9.59 Å². The van der Waals surface area contributed by atoms with Crippen LogP contribution in [0, 0.1) is 6.92 Å². The number of rotatable bonds is 4. The van der Waals surface area contributed by atoms with E-state index < -0.39 is 0 Å². The molecule has 2 heterocycles. The number of amides is 1. The van der Waals surface area contributed by atoms with Crippen LogP contribution >= 0.6 is 15.9 Å². The summed E-state index contributed by atoms with van der Waals surface area (Å²) < 4.78 is 6.07. The first kappa shape index (κ1) is 20.1. The van der Waals surface area contributed by atoms with E-state index in [4.69, 9.17) is 4.74 Å². The molecule has 0 saturated heterocycles. The topological polar surface area (TPSA) is 74.8 Å². The molecule has 3 aromatic rings. The van der Waals surface area contributed by atoms with E-state index in [9.17, 15) is 9.59 Å². The molecular formula is C23H20BrN3O3. The summed E-state index contributed by atoms with van der Waals surface area (Å²) in [6.07, 6.45) is 3.76. The van der Waals surface area contributed by atoms with Crippen LogP contribution in [0.1, 0.15) is 23.1 Å². The number of benzene rings is 2. The summed E-state index contributed by atoms with van der Waals surface area (Å²) in [7, 11) is 1.61. The van der Waals surface area contributed by atoms with Crippen molar-refractivity contribution < 1.29 is 9.53 Å². The number of nitrogens with zero attached hydrogens (tertiary/aromatic N) is 2. The van der Waals surface area contributed by atoms with Crippen LogP contribution < -0.4 is 10.3 Å². The molecule has 1 N–H and O–H groups in total. The lowest BCUT2D eigenvalue weighted by Crippen LogP contribution is -2.21. The summed E-state index contributed by atoms with van der Waals surface area (Å²) in [6, 6.07) is 13.1. The molecule has 1 aliphatic heterocycles. The van der Waals surface area contributed by atoms with E-state index in [0.29, 0.717) is 24.2 Å². The van der Waals surface area contributed by atoms with Crippen molar-refractivity contribution in [1.29, 1.82) is 0 Å². The van der Waals surface area contributed by atoms with Crippen molar-refractivity contribution >= 4 is 44.5 Å². The van der Waals surface area contributed by atoms with Crippen LogP contribution in [0.5, 0.6) is 5.75 Å². The number of aromatic nitrogens is 1. The molecule has 0 radical (unpaired) electrons. The molecule has 1 aliphatic rings. The van der Waals surface area contributed by atoms with E-state index in [1.807, 2.05) is 49.4 Å². The highest BCUT2D eigenvalue weighted by Crippen LogP contribution is 2.24. The molecule has 0 aliphatic carbocycles. The van der Waals surface area contributed by atoms with Gasteiger partial charge in [-0.1, -0.05) is 28.1 Å². The molecule has 7 heteroatoms. The van der Waals surface area contributed by atoms with Crippen molar-refractivity contribution in [3.05, 3.63) is 80.1 Å². The third-order valence-electron chi connectivity index (χ3n) is 5.11. The Kier molecular flexibility index (Phi) is 5.55. The van der Waals surface area contributed by atoms with Crippen molar-refractivity contribution in [2.75, 3.05) is 13.7 Å². The van der Waals surface area contributed by atoms with Gasteiger partial charge in [0.25, 0.3) is 11.5 Å². The van der Waals surface area contributed by atoms with Gasteiger partial charge in [0.2, 0.25) is 0 Å². The second kappa shape index (κ2) is 8.28. The van der Waals surface area contributed by atoms with Gasteiger partial charge in [0.05, 0.1) is 24.9 Å². The van der Waals surface area contributed by atoms with Gasteiger partial charge in [-0.25, -0.2) is 5.01 Å². The molecule has 0 unspecified atom stereocenters. The van der Waals surface area contributed by atoms with E-state index in [1.54, 1.807) is 13.2 Å². The number of pyridine rings is 1. The Morgan fingerprint density at radius 1 is 1.23 bits per heavy atom. The zero-order chi connectivity index (χ0) is 21.3. The molecule has 1 amide bonds. The molecule has 2 aromatic carbocycles. The summed E-state index contributed by atoms with van der Waals surface area (Å²) in [4.78, 5) is 28.2. The van der Waals surface area contributed by atoms with E-state index in [-0.39, 0.29) is 11.5 Å². The van der Waals surface area contributed by atoms with Crippen molar-refractivity contribution in [3.8, 4) is 5.75 Å². The smallest absolute Gasteiger partial charge is 0.266 e. The molecule has 0 saturated carbocycles. The Bertz CT molecular complexity index is 1240. The first-order valence-corrected chi connectivity index (χ1v) is 10.3. The van der Waals surface area contributed by atoms with Crippen molar-refractivity contribution in [3.63, 3.8) is 0 Å². The number of carbonyl (C=O) groups is 1.